The smallest absolute Gasteiger partial charge is 0.255 e. The summed E-state index contributed by atoms with van der Waals surface area (Å²) in [6.45, 7) is 5.58. The van der Waals surface area contributed by atoms with Gasteiger partial charge in [-0.3, -0.25) is 4.79 Å². The summed E-state index contributed by atoms with van der Waals surface area (Å²) in [6.07, 6.45) is 1.92. The van der Waals surface area contributed by atoms with Crippen LogP contribution in [0, 0.1) is 5.92 Å². The molecule has 3 rings (SSSR count). The van der Waals surface area contributed by atoms with Gasteiger partial charge in [0.05, 0.1) is 19.3 Å². The number of ether oxygens (including phenoxy) is 2. The number of benzene rings is 2. The summed E-state index contributed by atoms with van der Waals surface area (Å²) in [5.74, 6) is 0.673. The number of aliphatic hydroxyl groups is 1. The number of hydrogen-bond acceptors (Lipinski definition) is 4. The van der Waals surface area contributed by atoms with Gasteiger partial charge in [-0.25, -0.2) is 0 Å². The molecule has 7 heteroatoms. The molecule has 32 heavy (non-hydrogen) atoms. The molecule has 2 aromatic rings. The quantitative estimate of drug-likeness (QED) is 0.399. The van der Waals surface area contributed by atoms with E-state index in [9.17, 15) is 14.0 Å². The van der Waals surface area contributed by atoms with Crippen LogP contribution in [0.2, 0.25) is 18.6 Å². The second-order valence-corrected chi connectivity index (χ2v) is 12.9. The molecule has 1 saturated heterocycles. The summed E-state index contributed by atoms with van der Waals surface area (Å²) >= 11 is 0. The Morgan fingerprint density at radius 2 is 1.75 bits per heavy atom. The van der Waals surface area contributed by atoms with Gasteiger partial charge >= 0.3 is 0 Å². The van der Waals surface area contributed by atoms with E-state index < -0.39 is 8.41 Å². The molecular formula is C25H34FNO4Si. The van der Waals surface area contributed by atoms with Crippen LogP contribution in [0.3, 0.4) is 0 Å². The monoisotopic (exact) mass is 459 g/mol. The molecule has 0 bridgehead atoms. The first-order chi connectivity index (χ1) is 15.2. The highest BCUT2D eigenvalue weighted by Gasteiger charge is 2.50. The van der Waals surface area contributed by atoms with Crippen molar-refractivity contribution in [3.05, 3.63) is 59.7 Å². The van der Waals surface area contributed by atoms with E-state index in [1.54, 1.807) is 44.5 Å². The lowest BCUT2D eigenvalue weighted by molar-refractivity contribution is 0.0193. The number of amides is 1. The van der Waals surface area contributed by atoms with Gasteiger partial charge in [-0.15, -0.1) is 0 Å². The minimum absolute atomic E-state index is 0.00599. The fourth-order valence-corrected chi connectivity index (χ4v) is 7.38. The summed E-state index contributed by atoms with van der Waals surface area (Å²) < 4.78 is 26.2. The minimum atomic E-state index is -2.88. The maximum Gasteiger partial charge on any atom is 0.255 e. The van der Waals surface area contributed by atoms with Gasteiger partial charge in [0.2, 0.25) is 8.41 Å². The average Bonchev–Trinajstić information content (AvgIpc) is 3.08. The van der Waals surface area contributed by atoms with E-state index in [2.05, 4.69) is 12.2 Å². The molecule has 4 atom stereocenters. The molecule has 0 radical (unpaired) electrons. The number of methoxy groups -OCH3 is 1. The van der Waals surface area contributed by atoms with E-state index >= 15 is 0 Å². The van der Waals surface area contributed by atoms with Gasteiger partial charge in [0.15, 0.2) is 0 Å². The molecule has 1 aliphatic rings. The minimum Gasteiger partial charge on any atom is -0.497 e. The van der Waals surface area contributed by atoms with E-state index in [1.165, 1.54) is 0 Å². The Morgan fingerprint density at radius 3 is 2.31 bits per heavy atom. The van der Waals surface area contributed by atoms with Crippen molar-refractivity contribution >= 4 is 20.0 Å². The predicted molar refractivity (Wildman–Crippen MR) is 128 cm³/mol. The maximum absolute atomic E-state index is 14.9. The second kappa shape index (κ2) is 10.6. The normalized spacial score (nSPS) is 23.2. The van der Waals surface area contributed by atoms with Crippen molar-refractivity contribution in [2.24, 2.45) is 5.92 Å². The third-order valence-electron chi connectivity index (χ3n) is 6.39. The third-order valence-corrected chi connectivity index (χ3v) is 8.87. The van der Waals surface area contributed by atoms with Crippen LogP contribution in [-0.4, -0.2) is 45.3 Å². The zero-order valence-corrected chi connectivity index (χ0v) is 20.3. The van der Waals surface area contributed by atoms with E-state index in [0.717, 1.165) is 24.1 Å². The van der Waals surface area contributed by atoms with Gasteiger partial charge in [-0.2, -0.15) is 0 Å². The number of anilines is 1. The van der Waals surface area contributed by atoms with Crippen molar-refractivity contribution in [3.8, 4) is 5.75 Å². The van der Waals surface area contributed by atoms with Crippen molar-refractivity contribution in [2.45, 2.75) is 57.0 Å². The molecule has 5 nitrogen and oxygen atoms in total. The van der Waals surface area contributed by atoms with Gasteiger partial charge < -0.3 is 24.0 Å². The molecule has 0 aromatic heterocycles. The SMILES string of the molecule is COc1ccc(C(=O)Nc2ccc(CC[C@H]3O[C@@H](CCO)[C@H]([Si](C)(C)F)[C@H]3C)cc2)cc1. The number of nitrogens with one attached hydrogen (secondary N) is 1. The van der Waals surface area contributed by atoms with Crippen LogP contribution in [0.1, 0.15) is 35.7 Å². The second-order valence-electron chi connectivity index (χ2n) is 9.09. The number of aliphatic hydroxyl groups excluding tert-OH is 1. The van der Waals surface area contributed by atoms with E-state index in [1.807, 2.05) is 24.3 Å². The first-order valence-corrected chi connectivity index (χ1v) is 14.2. The molecule has 0 aliphatic carbocycles. The Hall–Kier alpha value is -2.22. The van der Waals surface area contributed by atoms with Crippen molar-refractivity contribution in [1.29, 1.82) is 0 Å². The Balaban J connectivity index is 1.56. The Morgan fingerprint density at radius 1 is 1.09 bits per heavy atom. The lowest BCUT2D eigenvalue weighted by atomic mass is 9.95. The van der Waals surface area contributed by atoms with Gasteiger partial charge in [0, 0.05) is 23.4 Å². The van der Waals surface area contributed by atoms with E-state index in [-0.39, 0.29) is 36.2 Å². The molecule has 2 aromatic carbocycles. The number of hydrogen-bond donors (Lipinski definition) is 2. The zero-order valence-electron chi connectivity index (χ0n) is 19.3. The standard InChI is InChI=1S/C25H34FNO4Si/c1-17-22(31-23(15-16-28)24(17)32(3,4)26)14-7-18-5-10-20(11-6-18)27-25(29)19-8-12-21(30-2)13-9-19/h5-6,8-13,17,22-24,28H,7,14-16H2,1-4H3,(H,27,29)/t17-,22+,23-,24+/m0/s1. The van der Waals surface area contributed by atoms with E-state index in [4.69, 9.17) is 9.47 Å². The van der Waals surface area contributed by atoms with Crippen LogP contribution in [0.25, 0.3) is 0 Å². The highest BCUT2D eigenvalue weighted by atomic mass is 28.4. The summed E-state index contributed by atoms with van der Waals surface area (Å²) in [5, 5.41) is 12.3. The van der Waals surface area contributed by atoms with Crippen LogP contribution in [0.5, 0.6) is 5.75 Å². The number of rotatable bonds is 9. The van der Waals surface area contributed by atoms with Crippen LogP contribution >= 0.6 is 0 Å². The fraction of sp³-hybridized carbons (Fsp3) is 0.480. The summed E-state index contributed by atoms with van der Waals surface area (Å²) in [4.78, 5) is 12.4. The molecule has 1 amide bonds. The molecule has 0 spiro atoms. The first-order valence-electron chi connectivity index (χ1n) is 11.2. The largest absolute Gasteiger partial charge is 0.497 e. The van der Waals surface area contributed by atoms with Crippen molar-refractivity contribution in [1.82, 2.24) is 0 Å². The summed E-state index contributed by atoms with van der Waals surface area (Å²) in [7, 11) is -1.29. The molecule has 1 fully saturated rings. The van der Waals surface area contributed by atoms with Crippen molar-refractivity contribution in [2.75, 3.05) is 19.0 Å². The summed E-state index contributed by atoms with van der Waals surface area (Å²) in [6, 6.07) is 14.8. The Kier molecular flexibility index (Phi) is 8.09. The van der Waals surface area contributed by atoms with Crippen LogP contribution in [0.4, 0.5) is 9.80 Å². The van der Waals surface area contributed by atoms with Crippen LogP contribution in [-0.2, 0) is 11.2 Å². The Bertz CT molecular complexity index is 882. The molecule has 2 N–H and O–H groups in total. The molecule has 1 aliphatic heterocycles. The lowest BCUT2D eigenvalue weighted by Crippen LogP contribution is -2.36. The third kappa shape index (κ3) is 5.97. The highest BCUT2D eigenvalue weighted by molar-refractivity contribution is 6.72. The molecule has 0 unspecified atom stereocenters. The van der Waals surface area contributed by atoms with E-state index in [0.29, 0.717) is 17.7 Å². The van der Waals surface area contributed by atoms with Gasteiger partial charge in [-0.1, -0.05) is 19.1 Å². The van der Waals surface area contributed by atoms with Gasteiger partial charge in [-0.05, 0) is 80.2 Å². The van der Waals surface area contributed by atoms with Gasteiger partial charge in [0.25, 0.3) is 5.91 Å². The predicted octanol–water partition coefficient (Wildman–Crippen LogP) is 5.21. The van der Waals surface area contributed by atoms with Gasteiger partial charge in [0.1, 0.15) is 5.75 Å². The lowest BCUT2D eigenvalue weighted by Gasteiger charge is -2.28. The summed E-state index contributed by atoms with van der Waals surface area (Å²) in [5.41, 5.74) is 2.35. The number of carbonyl (C=O) groups is 1. The molecule has 174 valence electrons. The highest BCUT2D eigenvalue weighted by Crippen LogP contribution is 2.46. The number of carbonyl (C=O) groups excluding carboxylic acids is 1. The molecule has 0 saturated carbocycles. The van der Waals surface area contributed by atoms with Crippen LogP contribution in [0.15, 0.2) is 48.5 Å². The topological polar surface area (TPSA) is 67.8 Å². The molecule has 1 heterocycles. The Labute approximate surface area is 191 Å². The zero-order chi connectivity index (χ0) is 23.3. The van der Waals surface area contributed by atoms with Crippen LogP contribution < -0.4 is 10.1 Å². The number of aryl methyl sites for hydroxylation is 1. The van der Waals surface area contributed by atoms with Crippen molar-refractivity contribution in [3.63, 3.8) is 0 Å². The first kappa shape index (κ1) is 24.4. The molecular weight excluding hydrogens is 425 g/mol. The fourth-order valence-electron chi connectivity index (χ4n) is 4.79. The van der Waals surface area contributed by atoms with Crippen molar-refractivity contribution < 1.29 is 23.5 Å². The number of halogens is 1. The maximum atomic E-state index is 14.9. The average molecular weight is 460 g/mol.